The van der Waals surface area contributed by atoms with Gasteiger partial charge in [0.25, 0.3) is 11.5 Å². The normalized spacial score (nSPS) is 14.0. The van der Waals surface area contributed by atoms with Gasteiger partial charge in [0.2, 0.25) is 5.91 Å². The lowest BCUT2D eigenvalue weighted by atomic mass is 10.0. The summed E-state index contributed by atoms with van der Waals surface area (Å²) in [5, 5.41) is 8.91. The summed E-state index contributed by atoms with van der Waals surface area (Å²) in [4.78, 5) is 42.9. The van der Waals surface area contributed by atoms with Crippen LogP contribution in [0.25, 0.3) is 10.8 Å². The number of H-pyrrole nitrogens is 1. The quantitative estimate of drug-likeness (QED) is 0.277. The van der Waals surface area contributed by atoms with E-state index >= 15 is 0 Å². The van der Waals surface area contributed by atoms with Gasteiger partial charge >= 0.3 is 0 Å². The first-order chi connectivity index (χ1) is 19.5. The van der Waals surface area contributed by atoms with Crippen molar-refractivity contribution in [1.29, 1.82) is 0 Å². The number of thioether (sulfide) groups is 1. The molecule has 2 heterocycles. The first-order valence-electron chi connectivity index (χ1n) is 13.0. The molecule has 0 atom stereocenters. The molecule has 1 aliphatic heterocycles. The van der Waals surface area contributed by atoms with Crippen molar-refractivity contribution in [3.05, 3.63) is 104 Å². The van der Waals surface area contributed by atoms with Gasteiger partial charge in [-0.05, 0) is 55.8 Å². The lowest BCUT2D eigenvalue weighted by Gasteiger charge is -2.38. The number of piperazine rings is 1. The summed E-state index contributed by atoms with van der Waals surface area (Å²) in [6, 6.07) is 16.7. The van der Waals surface area contributed by atoms with Crippen molar-refractivity contribution in [2.75, 3.05) is 26.2 Å². The summed E-state index contributed by atoms with van der Waals surface area (Å²) in [5.41, 5.74) is 0.989. The standard InChI is InChI=1S/C30H27Cl2FN4O3S/c1-30(2,41-26-10-8-19(31)17-23(26)32)29(40)37-13-11-36(12-14-37)28(39)22-15-18(7-9-24(22)33)16-25-20-5-3-4-6-21(20)27(38)35-34-25/h3-10,15,17H,11-14,16H2,1-2H3,(H,35,38). The number of halogens is 3. The molecule has 0 saturated carbocycles. The predicted octanol–water partition coefficient (Wildman–Crippen LogP) is 5.82. The molecule has 1 aliphatic rings. The molecule has 1 aromatic heterocycles. The van der Waals surface area contributed by atoms with Crippen LogP contribution >= 0.6 is 35.0 Å². The second-order valence-electron chi connectivity index (χ2n) is 10.3. The van der Waals surface area contributed by atoms with Crippen molar-refractivity contribution in [2.45, 2.75) is 29.9 Å². The van der Waals surface area contributed by atoms with Crippen LogP contribution in [0, 0.1) is 5.82 Å². The molecule has 2 amide bonds. The lowest BCUT2D eigenvalue weighted by Crippen LogP contribution is -2.54. The number of nitrogens with one attached hydrogen (secondary N) is 1. The van der Waals surface area contributed by atoms with Crippen molar-refractivity contribution in [1.82, 2.24) is 20.0 Å². The van der Waals surface area contributed by atoms with E-state index in [1.807, 2.05) is 26.0 Å². The minimum Gasteiger partial charge on any atom is -0.338 e. The van der Waals surface area contributed by atoms with Gasteiger partial charge in [-0.25, -0.2) is 9.49 Å². The first kappa shape index (κ1) is 29.1. The molecule has 41 heavy (non-hydrogen) atoms. The molecule has 0 radical (unpaired) electrons. The van der Waals surface area contributed by atoms with Gasteiger partial charge in [0.15, 0.2) is 0 Å². The SMILES string of the molecule is CC(C)(Sc1ccc(Cl)cc1Cl)C(=O)N1CCN(C(=O)c2cc(Cc3n[nH]c(=O)c4ccccc34)ccc2F)CC1. The van der Waals surface area contributed by atoms with Crippen LogP contribution < -0.4 is 5.56 Å². The molecule has 0 bridgehead atoms. The molecule has 7 nitrogen and oxygen atoms in total. The number of aromatic nitrogens is 2. The van der Waals surface area contributed by atoms with Gasteiger partial charge in [0.1, 0.15) is 5.82 Å². The van der Waals surface area contributed by atoms with Crippen LogP contribution in [0.1, 0.15) is 35.5 Å². The number of hydrogen-bond donors (Lipinski definition) is 1. The third kappa shape index (κ3) is 6.27. The summed E-state index contributed by atoms with van der Waals surface area (Å²) in [6.07, 6.45) is 0.310. The smallest absolute Gasteiger partial charge is 0.272 e. The zero-order valence-corrected chi connectivity index (χ0v) is 24.7. The molecule has 3 aromatic carbocycles. The van der Waals surface area contributed by atoms with E-state index < -0.39 is 16.5 Å². The Morgan fingerprint density at radius 1 is 0.976 bits per heavy atom. The van der Waals surface area contributed by atoms with Crippen molar-refractivity contribution in [3.8, 4) is 0 Å². The molecule has 212 valence electrons. The number of hydrogen-bond acceptors (Lipinski definition) is 5. The van der Waals surface area contributed by atoms with Crippen LogP contribution in [-0.4, -0.2) is 62.7 Å². The van der Waals surface area contributed by atoms with Gasteiger partial charge in [-0.3, -0.25) is 14.4 Å². The molecule has 1 saturated heterocycles. The fourth-order valence-corrected chi connectivity index (χ4v) is 6.47. The number of fused-ring (bicyclic) bond motifs is 1. The van der Waals surface area contributed by atoms with E-state index in [9.17, 15) is 18.8 Å². The average Bonchev–Trinajstić information content (AvgIpc) is 2.96. The Morgan fingerprint density at radius 2 is 1.66 bits per heavy atom. The van der Waals surface area contributed by atoms with E-state index in [2.05, 4.69) is 10.2 Å². The highest BCUT2D eigenvalue weighted by molar-refractivity contribution is 8.01. The molecule has 5 rings (SSSR count). The Labute approximate surface area is 250 Å². The fraction of sp³-hybridized carbons (Fsp3) is 0.267. The van der Waals surface area contributed by atoms with E-state index in [1.165, 1.54) is 23.9 Å². The topological polar surface area (TPSA) is 86.4 Å². The highest BCUT2D eigenvalue weighted by Crippen LogP contribution is 2.39. The molecule has 1 fully saturated rings. The van der Waals surface area contributed by atoms with Crippen LogP contribution in [0.3, 0.4) is 0 Å². The van der Waals surface area contributed by atoms with Crippen LogP contribution in [0.2, 0.25) is 10.0 Å². The largest absolute Gasteiger partial charge is 0.338 e. The highest BCUT2D eigenvalue weighted by Gasteiger charge is 2.36. The van der Waals surface area contributed by atoms with Crippen LogP contribution in [0.4, 0.5) is 4.39 Å². The summed E-state index contributed by atoms with van der Waals surface area (Å²) in [7, 11) is 0. The third-order valence-corrected chi connectivity index (χ3v) is 8.96. The van der Waals surface area contributed by atoms with E-state index in [4.69, 9.17) is 23.2 Å². The highest BCUT2D eigenvalue weighted by atomic mass is 35.5. The Kier molecular flexibility index (Phi) is 8.40. The molecular formula is C30H27Cl2FN4O3S. The molecule has 0 aliphatic carbocycles. The zero-order valence-electron chi connectivity index (χ0n) is 22.4. The van der Waals surface area contributed by atoms with Gasteiger partial charge in [-0.15, -0.1) is 11.8 Å². The third-order valence-electron chi connectivity index (χ3n) is 7.04. The van der Waals surface area contributed by atoms with Crippen molar-refractivity contribution in [3.63, 3.8) is 0 Å². The maximum atomic E-state index is 14.8. The van der Waals surface area contributed by atoms with Crippen molar-refractivity contribution < 1.29 is 14.0 Å². The van der Waals surface area contributed by atoms with Crippen LogP contribution in [-0.2, 0) is 11.2 Å². The summed E-state index contributed by atoms with van der Waals surface area (Å²) < 4.78 is 14.0. The first-order valence-corrected chi connectivity index (χ1v) is 14.6. The van der Waals surface area contributed by atoms with Gasteiger partial charge in [-0.2, -0.15) is 5.10 Å². The van der Waals surface area contributed by atoms with Crippen molar-refractivity contribution in [2.24, 2.45) is 0 Å². The predicted molar refractivity (Wildman–Crippen MR) is 160 cm³/mol. The summed E-state index contributed by atoms with van der Waals surface area (Å²) in [5.74, 6) is -1.12. The van der Waals surface area contributed by atoms with E-state index in [1.54, 1.807) is 46.2 Å². The Morgan fingerprint density at radius 3 is 2.37 bits per heavy atom. The maximum absolute atomic E-state index is 14.8. The lowest BCUT2D eigenvalue weighted by molar-refractivity contribution is -0.134. The number of nitrogens with zero attached hydrogens (tertiary/aromatic N) is 3. The van der Waals surface area contributed by atoms with Gasteiger partial charge in [-0.1, -0.05) is 47.5 Å². The number of amides is 2. The van der Waals surface area contributed by atoms with Gasteiger partial charge in [0, 0.05) is 47.9 Å². The molecular weight excluding hydrogens is 586 g/mol. The number of carbonyl (C=O) groups is 2. The molecule has 0 unspecified atom stereocenters. The second kappa shape index (κ2) is 11.8. The summed E-state index contributed by atoms with van der Waals surface area (Å²) >= 11 is 13.7. The van der Waals surface area contributed by atoms with Crippen molar-refractivity contribution >= 4 is 57.6 Å². The van der Waals surface area contributed by atoms with E-state index in [0.29, 0.717) is 51.6 Å². The molecule has 1 N–H and O–H groups in total. The monoisotopic (exact) mass is 612 g/mol. The van der Waals surface area contributed by atoms with Crippen LogP contribution in [0.5, 0.6) is 0 Å². The van der Waals surface area contributed by atoms with Gasteiger partial charge < -0.3 is 9.80 Å². The Balaban J connectivity index is 1.26. The number of benzene rings is 3. The number of carbonyl (C=O) groups excluding carboxylic acids is 2. The second-order valence-corrected chi connectivity index (χ2v) is 12.8. The van der Waals surface area contributed by atoms with E-state index in [-0.39, 0.29) is 30.1 Å². The Bertz CT molecular complexity index is 1700. The number of aromatic amines is 1. The molecule has 4 aromatic rings. The minimum absolute atomic E-state index is 0.0377. The average molecular weight is 614 g/mol. The maximum Gasteiger partial charge on any atom is 0.272 e. The van der Waals surface area contributed by atoms with Gasteiger partial charge in [0.05, 0.1) is 26.4 Å². The van der Waals surface area contributed by atoms with Crippen LogP contribution in [0.15, 0.2) is 70.4 Å². The summed E-state index contributed by atoms with van der Waals surface area (Å²) in [6.45, 7) is 4.90. The number of rotatable bonds is 6. The zero-order chi connectivity index (χ0) is 29.3. The molecule has 11 heteroatoms. The Hall–Kier alpha value is -3.40. The fourth-order valence-electron chi connectivity index (χ4n) is 4.89. The van der Waals surface area contributed by atoms with E-state index in [0.717, 1.165) is 4.90 Å². The minimum atomic E-state index is -0.802. The molecule has 0 spiro atoms.